The van der Waals surface area contributed by atoms with Crippen LogP contribution in [0.5, 0.6) is 0 Å². The fraction of sp³-hybridized carbons (Fsp3) is 0.250. The molecule has 1 aliphatic rings. The lowest BCUT2D eigenvalue weighted by Gasteiger charge is -2.09. The number of pyridine rings is 1. The van der Waals surface area contributed by atoms with Crippen LogP contribution in [0.3, 0.4) is 0 Å². The maximum Gasteiger partial charge on any atom is 0.231 e. The molecule has 0 aliphatic carbocycles. The molecular formula is C16H14F2N2O2. The second kappa shape index (κ2) is 6.19. The molecule has 1 fully saturated rings. The van der Waals surface area contributed by atoms with E-state index < -0.39 is 11.6 Å². The van der Waals surface area contributed by atoms with Crippen LogP contribution < -0.4 is 5.32 Å². The van der Waals surface area contributed by atoms with Crippen molar-refractivity contribution in [1.29, 1.82) is 0 Å². The zero-order valence-corrected chi connectivity index (χ0v) is 11.7. The Morgan fingerprint density at radius 1 is 1.27 bits per heavy atom. The summed E-state index contributed by atoms with van der Waals surface area (Å²) < 4.78 is 32.1. The summed E-state index contributed by atoms with van der Waals surface area (Å²) in [7, 11) is 0. The van der Waals surface area contributed by atoms with Crippen molar-refractivity contribution >= 4 is 11.7 Å². The molecule has 1 aromatic carbocycles. The Morgan fingerprint density at radius 3 is 2.82 bits per heavy atom. The van der Waals surface area contributed by atoms with Gasteiger partial charge in [-0.2, -0.15) is 0 Å². The van der Waals surface area contributed by atoms with Gasteiger partial charge in [0.05, 0.1) is 12.5 Å². The SMILES string of the molecule is O=C(Nc1ccc(-c2cccc(F)c2F)cn1)C1CCOC1. The molecule has 22 heavy (non-hydrogen) atoms. The summed E-state index contributed by atoms with van der Waals surface area (Å²) in [5.74, 6) is -1.76. The van der Waals surface area contributed by atoms with Crippen molar-refractivity contribution in [3.8, 4) is 11.1 Å². The fourth-order valence-electron chi connectivity index (χ4n) is 2.32. The molecule has 0 radical (unpaired) electrons. The number of ether oxygens (including phenoxy) is 1. The monoisotopic (exact) mass is 304 g/mol. The van der Waals surface area contributed by atoms with Crippen molar-refractivity contribution in [3.05, 3.63) is 48.2 Å². The number of benzene rings is 1. The molecule has 0 spiro atoms. The highest BCUT2D eigenvalue weighted by Crippen LogP contribution is 2.24. The summed E-state index contributed by atoms with van der Waals surface area (Å²) >= 11 is 0. The topological polar surface area (TPSA) is 51.2 Å². The number of anilines is 1. The first-order valence-corrected chi connectivity index (χ1v) is 6.94. The average Bonchev–Trinajstić information content (AvgIpc) is 3.05. The number of rotatable bonds is 3. The number of nitrogens with one attached hydrogen (secondary N) is 1. The molecule has 1 N–H and O–H groups in total. The van der Waals surface area contributed by atoms with Gasteiger partial charge in [-0.05, 0) is 24.6 Å². The van der Waals surface area contributed by atoms with E-state index in [9.17, 15) is 13.6 Å². The van der Waals surface area contributed by atoms with Crippen molar-refractivity contribution in [2.75, 3.05) is 18.5 Å². The third-order valence-electron chi connectivity index (χ3n) is 3.58. The summed E-state index contributed by atoms with van der Waals surface area (Å²) in [6, 6.07) is 7.12. The zero-order valence-electron chi connectivity index (χ0n) is 11.7. The Kier molecular flexibility index (Phi) is 4.11. The molecule has 0 bridgehead atoms. The molecule has 1 atom stereocenters. The lowest BCUT2D eigenvalue weighted by molar-refractivity contribution is -0.119. The van der Waals surface area contributed by atoms with Gasteiger partial charge in [-0.3, -0.25) is 4.79 Å². The maximum atomic E-state index is 13.7. The number of amides is 1. The Bertz CT molecular complexity index is 683. The number of carbonyl (C=O) groups excluding carboxylic acids is 1. The van der Waals surface area contributed by atoms with Crippen LogP contribution in [0, 0.1) is 17.6 Å². The Labute approximate surface area is 126 Å². The summed E-state index contributed by atoms with van der Waals surface area (Å²) in [5, 5.41) is 2.69. The number of hydrogen-bond donors (Lipinski definition) is 1. The minimum atomic E-state index is -0.913. The number of aromatic nitrogens is 1. The van der Waals surface area contributed by atoms with Crippen LogP contribution >= 0.6 is 0 Å². The maximum absolute atomic E-state index is 13.7. The second-order valence-electron chi connectivity index (χ2n) is 5.08. The van der Waals surface area contributed by atoms with Crippen LogP contribution in [-0.4, -0.2) is 24.1 Å². The number of carbonyl (C=O) groups is 1. The number of halogens is 2. The van der Waals surface area contributed by atoms with Crippen LogP contribution in [0.1, 0.15) is 6.42 Å². The summed E-state index contributed by atoms with van der Waals surface area (Å²) in [5.41, 5.74) is 0.578. The molecule has 2 aromatic rings. The van der Waals surface area contributed by atoms with E-state index in [0.29, 0.717) is 31.0 Å². The van der Waals surface area contributed by atoms with Gasteiger partial charge in [0.1, 0.15) is 5.82 Å². The smallest absolute Gasteiger partial charge is 0.231 e. The van der Waals surface area contributed by atoms with Crippen LogP contribution in [0.4, 0.5) is 14.6 Å². The highest BCUT2D eigenvalue weighted by atomic mass is 19.2. The van der Waals surface area contributed by atoms with E-state index in [4.69, 9.17) is 4.74 Å². The summed E-state index contributed by atoms with van der Waals surface area (Å²) in [6.07, 6.45) is 2.09. The Hall–Kier alpha value is -2.34. The molecule has 1 aromatic heterocycles. The number of hydrogen-bond acceptors (Lipinski definition) is 3. The molecule has 1 unspecified atom stereocenters. The molecule has 1 amide bonds. The zero-order chi connectivity index (χ0) is 15.5. The van der Waals surface area contributed by atoms with E-state index in [1.54, 1.807) is 12.1 Å². The molecule has 4 nitrogen and oxygen atoms in total. The van der Waals surface area contributed by atoms with Gasteiger partial charge in [-0.1, -0.05) is 12.1 Å². The highest BCUT2D eigenvalue weighted by molar-refractivity contribution is 5.92. The lowest BCUT2D eigenvalue weighted by atomic mass is 10.1. The van der Waals surface area contributed by atoms with Gasteiger partial charge in [0.2, 0.25) is 5.91 Å². The van der Waals surface area contributed by atoms with Crippen molar-refractivity contribution < 1.29 is 18.3 Å². The minimum absolute atomic E-state index is 0.134. The van der Waals surface area contributed by atoms with Gasteiger partial charge >= 0.3 is 0 Å². The van der Waals surface area contributed by atoms with Gasteiger partial charge < -0.3 is 10.1 Å². The first-order valence-electron chi connectivity index (χ1n) is 6.94. The highest BCUT2D eigenvalue weighted by Gasteiger charge is 2.23. The van der Waals surface area contributed by atoms with Gasteiger partial charge in [0.25, 0.3) is 0 Å². The predicted molar refractivity (Wildman–Crippen MR) is 77.1 cm³/mol. The van der Waals surface area contributed by atoms with E-state index >= 15 is 0 Å². The van der Waals surface area contributed by atoms with Crippen LogP contribution in [0.15, 0.2) is 36.5 Å². The predicted octanol–water partition coefficient (Wildman–Crippen LogP) is 3.00. The van der Waals surface area contributed by atoms with Crippen LogP contribution in [-0.2, 0) is 9.53 Å². The largest absolute Gasteiger partial charge is 0.381 e. The Balaban J connectivity index is 1.75. The van der Waals surface area contributed by atoms with Gasteiger partial charge in [-0.15, -0.1) is 0 Å². The number of nitrogens with zero attached hydrogens (tertiary/aromatic N) is 1. The summed E-state index contributed by atoms with van der Waals surface area (Å²) in [6.45, 7) is 1.00. The van der Waals surface area contributed by atoms with Gasteiger partial charge in [0.15, 0.2) is 11.6 Å². The van der Waals surface area contributed by atoms with Crippen molar-refractivity contribution in [2.45, 2.75) is 6.42 Å². The van der Waals surface area contributed by atoms with E-state index in [0.717, 1.165) is 6.07 Å². The fourth-order valence-corrected chi connectivity index (χ4v) is 2.32. The average molecular weight is 304 g/mol. The summed E-state index contributed by atoms with van der Waals surface area (Å²) in [4.78, 5) is 16.0. The van der Waals surface area contributed by atoms with Crippen LogP contribution in [0.25, 0.3) is 11.1 Å². The first-order chi connectivity index (χ1) is 10.6. The van der Waals surface area contributed by atoms with Gasteiger partial charge in [0, 0.05) is 23.9 Å². The van der Waals surface area contributed by atoms with E-state index in [-0.39, 0.29) is 17.4 Å². The molecule has 6 heteroatoms. The molecule has 114 valence electrons. The Morgan fingerprint density at radius 2 is 2.14 bits per heavy atom. The standard InChI is InChI=1S/C16H14F2N2O2/c17-13-3-1-2-12(15(13)18)10-4-5-14(19-8-10)20-16(21)11-6-7-22-9-11/h1-5,8,11H,6-7,9H2,(H,19,20,21). The van der Waals surface area contributed by atoms with Crippen molar-refractivity contribution in [1.82, 2.24) is 4.98 Å². The van der Waals surface area contributed by atoms with E-state index in [1.165, 1.54) is 18.3 Å². The third kappa shape index (κ3) is 2.96. The van der Waals surface area contributed by atoms with Gasteiger partial charge in [-0.25, -0.2) is 13.8 Å². The van der Waals surface area contributed by atoms with E-state index in [2.05, 4.69) is 10.3 Å². The minimum Gasteiger partial charge on any atom is -0.381 e. The molecule has 1 aliphatic heterocycles. The lowest BCUT2D eigenvalue weighted by Crippen LogP contribution is -2.23. The molecule has 1 saturated heterocycles. The quantitative estimate of drug-likeness (QED) is 0.948. The molecule has 3 rings (SSSR count). The molecule has 2 heterocycles. The van der Waals surface area contributed by atoms with Crippen molar-refractivity contribution in [3.63, 3.8) is 0 Å². The first kappa shape index (κ1) is 14.6. The van der Waals surface area contributed by atoms with E-state index in [1.807, 2.05) is 0 Å². The molecule has 0 saturated carbocycles. The van der Waals surface area contributed by atoms with Crippen molar-refractivity contribution in [2.24, 2.45) is 5.92 Å². The second-order valence-corrected chi connectivity index (χ2v) is 5.08. The van der Waals surface area contributed by atoms with Crippen LogP contribution in [0.2, 0.25) is 0 Å². The normalized spacial score (nSPS) is 17.5. The molecular weight excluding hydrogens is 290 g/mol. The third-order valence-corrected chi connectivity index (χ3v) is 3.58.